The second-order valence-corrected chi connectivity index (χ2v) is 4.79. The number of rotatable bonds is 1. The zero-order chi connectivity index (χ0) is 10.2. The Morgan fingerprint density at radius 2 is 1.79 bits per heavy atom. The minimum atomic E-state index is -0.725. The second kappa shape index (κ2) is 3.46. The highest BCUT2D eigenvalue weighted by atomic mass is 16.3. The molecule has 0 aromatic rings. The van der Waals surface area contributed by atoms with Crippen molar-refractivity contribution in [3.63, 3.8) is 0 Å². The van der Waals surface area contributed by atoms with Crippen LogP contribution in [-0.4, -0.2) is 33.8 Å². The lowest BCUT2D eigenvalue weighted by Crippen LogP contribution is -2.30. The number of likely N-dealkylation sites (tertiary alicyclic amines) is 1. The second-order valence-electron chi connectivity index (χ2n) is 4.79. The van der Waals surface area contributed by atoms with Crippen molar-refractivity contribution in [3.8, 4) is 0 Å². The third-order valence-electron chi connectivity index (χ3n) is 3.17. The SMILES string of the molecule is CC1(O)CC(O)=C(N2CCCCC2)C1. The van der Waals surface area contributed by atoms with Crippen molar-refractivity contribution in [2.75, 3.05) is 13.1 Å². The fourth-order valence-electron chi connectivity index (χ4n) is 2.45. The highest BCUT2D eigenvalue weighted by Crippen LogP contribution is 2.36. The predicted octanol–water partition coefficient (Wildman–Crippen LogP) is 1.79. The smallest absolute Gasteiger partial charge is 0.114 e. The van der Waals surface area contributed by atoms with Gasteiger partial charge < -0.3 is 15.1 Å². The molecule has 80 valence electrons. The number of hydrogen-bond acceptors (Lipinski definition) is 3. The van der Waals surface area contributed by atoms with Gasteiger partial charge >= 0.3 is 0 Å². The van der Waals surface area contributed by atoms with Crippen molar-refractivity contribution in [1.29, 1.82) is 0 Å². The lowest BCUT2D eigenvalue weighted by Gasteiger charge is -2.30. The number of nitrogens with zero attached hydrogens (tertiary/aromatic N) is 1. The molecule has 0 radical (unpaired) electrons. The molecule has 0 saturated carbocycles. The number of aliphatic hydroxyl groups is 2. The van der Waals surface area contributed by atoms with E-state index in [1.165, 1.54) is 19.3 Å². The van der Waals surface area contributed by atoms with Gasteiger partial charge in [-0.1, -0.05) is 0 Å². The van der Waals surface area contributed by atoms with E-state index in [0.29, 0.717) is 18.6 Å². The Hall–Kier alpha value is -0.700. The van der Waals surface area contributed by atoms with Crippen LogP contribution in [-0.2, 0) is 0 Å². The summed E-state index contributed by atoms with van der Waals surface area (Å²) in [4.78, 5) is 2.24. The van der Waals surface area contributed by atoms with Gasteiger partial charge in [0, 0.05) is 25.9 Å². The maximum absolute atomic E-state index is 9.84. The predicted molar refractivity (Wildman–Crippen MR) is 54.9 cm³/mol. The van der Waals surface area contributed by atoms with E-state index in [2.05, 4.69) is 4.90 Å². The van der Waals surface area contributed by atoms with E-state index in [4.69, 9.17) is 0 Å². The van der Waals surface area contributed by atoms with Crippen LogP contribution in [0.3, 0.4) is 0 Å². The van der Waals surface area contributed by atoms with Crippen molar-refractivity contribution in [2.45, 2.75) is 44.6 Å². The lowest BCUT2D eigenvalue weighted by atomic mass is 10.0. The summed E-state index contributed by atoms with van der Waals surface area (Å²) in [5, 5.41) is 19.6. The molecule has 3 nitrogen and oxygen atoms in total. The van der Waals surface area contributed by atoms with Crippen LogP contribution >= 0.6 is 0 Å². The molecule has 3 heteroatoms. The standard InChI is InChI=1S/C11H19NO2/c1-11(14)7-9(10(13)8-11)12-5-3-2-4-6-12/h13-14H,2-8H2,1H3. The first-order valence-electron chi connectivity index (χ1n) is 5.47. The third-order valence-corrected chi connectivity index (χ3v) is 3.17. The van der Waals surface area contributed by atoms with Gasteiger partial charge in [0.25, 0.3) is 0 Å². The molecule has 1 fully saturated rings. The van der Waals surface area contributed by atoms with Crippen LogP contribution < -0.4 is 0 Å². The van der Waals surface area contributed by atoms with Gasteiger partial charge in [0.1, 0.15) is 5.76 Å². The van der Waals surface area contributed by atoms with E-state index in [-0.39, 0.29) is 0 Å². The van der Waals surface area contributed by atoms with Crippen LogP contribution in [0.2, 0.25) is 0 Å². The minimum absolute atomic E-state index is 0.400. The van der Waals surface area contributed by atoms with E-state index >= 15 is 0 Å². The van der Waals surface area contributed by atoms with Crippen LogP contribution in [0.5, 0.6) is 0 Å². The Morgan fingerprint density at radius 3 is 2.29 bits per heavy atom. The summed E-state index contributed by atoms with van der Waals surface area (Å²) < 4.78 is 0. The molecule has 14 heavy (non-hydrogen) atoms. The van der Waals surface area contributed by atoms with Gasteiger partial charge in [0.15, 0.2) is 0 Å². The molecule has 1 atom stereocenters. The molecule has 2 rings (SSSR count). The molecule has 0 aromatic carbocycles. The monoisotopic (exact) mass is 197 g/mol. The van der Waals surface area contributed by atoms with Crippen LogP contribution in [0.25, 0.3) is 0 Å². The van der Waals surface area contributed by atoms with Gasteiger partial charge in [-0.25, -0.2) is 0 Å². The summed E-state index contributed by atoms with van der Waals surface area (Å²) in [5.74, 6) is 0.400. The van der Waals surface area contributed by atoms with E-state index in [9.17, 15) is 10.2 Å². The highest BCUT2D eigenvalue weighted by Gasteiger charge is 2.35. The molecule has 1 aliphatic carbocycles. The largest absolute Gasteiger partial charge is 0.510 e. The summed E-state index contributed by atoms with van der Waals surface area (Å²) >= 11 is 0. The Kier molecular flexibility index (Phi) is 2.43. The molecule has 1 unspecified atom stereocenters. The molecular formula is C11H19NO2. The molecule has 1 saturated heterocycles. The quantitative estimate of drug-likeness (QED) is 0.673. The van der Waals surface area contributed by atoms with E-state index in [1.807, 2.05) is 0 Å². The molecule has 1 aliphatic heterocycles. The maximum Gasteiger partial charge on any atom is 0.114 e. The van der Waals surface area contributed by atoms with Gasteiger partial charge in [-0.3, -0.25) is 0 Å². The highest BCUT2D eigenvalue weighted by molar-refractivity contribution is 5.19. The maximum atomic E-state index is 9.84. The first-order chi connectivity index (χ1) is 6.58. The summed E-state index contributed by atoms with van der Waals surface area (Å²) in [5.41, 5.74) is 0.256. The molecule has 0 bridgehead atoms. The normalized spacial score (nSPS) is 34.0. The van der Waals surface area contributed by atoms with Crippen molar-refractivity contribution < 1.29 is 10.2 Å². The third kappa shape index (κ3) is 1.87. The van der Waals surface area contributed by atoms with Crippen molar-refractivity contribution >= 4 is 0 Å². The van der Waals surface area contributed by atoms with Gasteiger partial charge in [0.05, 0.1) is 11.3 Å². The zero-order valence-electron chi connectivity index (χ0n) is 8.79. The van der Waals surface area contributed by atoms with Crippen molar-refractivity contribution in [3.05, 3.63) is 11.5 Å². The average Bonchev–Trinajstić information content (AvgIpc) is 2.41. The molecular weight excluding hydrogens is 178 g/mol. The molecule has 2 N–H and O–H groups in total. The molecule has 0 aromatic heterocycles. The van der Waals surface area contributed by atoms with Crippen LogP contribution in [0.4, 0.5) is 0 Å². The average molecular weight is 197 g/mol. The first kappa shape index (κ1) is 9.84. The minimum Gasteiger partial charge on any atom is -0.510 e. The van der Waals surface area contributed by atoms with E-state index < -0.39 is 5.60 Å². The van der Waals surface area contributed by atoms with Gasteiger partial charge in [-0.2, -0.15) is 0 Å². The number of hydrogen-bond donors (Lipinski definition) is 2. The zero-order valence-corrected chi connectivity index (χ0v) is 8.79. The first-order valence-corrected chi connectivity index (χ1v) is 5.47. The summed E-state index contributed by atoms with van der Waals surface area (Å²) in [6.45, 7) is 3.87. The molecule has 2 aliphatic rings. The topological polar surface area (TPSA) is 43.7 Å². The summed E-state index contributed by atoms with van der Waals surface area (Å²) in [6.07, 6.45) is 4.73. The molecule has 0 spiro atoms. The number of aliphatic hydroxyl groups excluding tert-OH is 1. The van der Waals surface area contributed by atoms with Crippen LogP contribution in [0.1, 0.15) is 39.0 Å². The van der Waals surface area contributed by atoms with Gasteiger partial charge in [0.2, 0.25) is 0 Å². The lowest BCUT2D eigenvalue weighted by molar-refractivity contribution is 0.0611. The van der Waals surface area contributed by atoms with Gasteiger partial charge in [-0.05, 0) is 26.2 Å². The Bertz CT molecular complexity index is 252. The molecule has 1 heterocycles. The molecule has 0 amide bonds. The van der Waals surface area contributed by atoms with E-state index in [0.717, 1.165) is 18.8 Å². The Morgan fingerprint density at radius 1 is 1.14 bits per heavy atom. The summed E-state index contributed by atoms with van der Waals surface area (Å²) in [7, 11) is 0. The fraction of sp³-hybridized carbons (Fsp3) is 0.818. The van der Waals surface area contributed by atoms with E-state index in [1.54, 1.807) is 6.92 Å². The van der Waals surface area contributed by atoms with Crippen LogP contribution in [0, 0.1) is 0 Å². The van der Waals surface area contributed by atoms with Crippen molar-refractivity contribution in [2.24, 2.45) is 0 Å². The number of piperidine rings is 1. The summed E-state index contributed by atoms with van der Waals surface area (Å²) in [6, 6.07) is 0. The van der Waals surface area contributed by atoms with Crippen LogP contribution in [0.15, 0.2) is 11.5 Å². The van der Waals surface area contributed by atoms with Crippen molar-refractivity contribution in [1.82, 2.24) is 4.90 Å². The Balaban J connectivity index is 2.06. The Labute approximate surface area is 85.0 Å². The fourth-order valence-corrected chi connectivity index (χ4v) is 2.45. The van der Waals surface area contributed by atoms with Gasteiger partial charge in [-0.15, -0.1) is 0 Å².